The number of fused-ring (bicyclic) bond motifs is 2. The largest absolute Gasteiger partial charge is 0.424 e. The zero-order valence-electron chi connectivity index (χ0n) is 15.3. The number of amides is 1. The van der Waals surface area contributed by atoms with Gasteiger partial charge in [-0.25, -0.2) is 4.98 Å². The number of rotatable bonds is 2. The maximum atomic E-state index is 13.1. The van der Waals surface area contributed by atoms with Gasteiger partial charge in [0.05, 0.1) is 25.5 Å². The average Bonchev–Trinajstić information content (AvgIpc) is 3.29. The smallest absolute Gasteiger partial charge is 0.292 e. The first-order valence-corrected chi connectivity index (χ1v) is 9.12. The molecule has 1 aliphatic heterocycles. The average molecular weight is 377 g/mol. The number of anilines is 1. The van der Waals surface area contributed by atoms with Crippen molar-refractivity contribution in [2.45, 2.75) is 13.0 Å². The molecular formula is C20H19N5O3. The highest BCUT2D eigenvalue weighted by Gasteiger charge is 2.27. The molecule has 8 nitrogen and oxygen atoms in total. The molecule has 1 aliphatic rings. The Morgan fingerprint density at radius 2 is 2.11 bits per heavy atom. The molecule has 5 rings (SSSR count). The van der Waals surface area contributed by atoms with Gasteiger partial charge in [-0.05, 0) is 42.3 Å². The Labute approximate surface area is 160 Å². The van der Waals surface area contributed by atoms with Crippen molar-refractivity contribution in [2.24, 2.45) is 0 Å². The summed E-state index contributed by atoms with van der Waals surface area (Å²) in [5.74, 6) is -0.0415. The van der Waals surface area contributed by atoms with E-state index < -0.39 is 0 Å². The monoisotopic (exact) mass is 377 g/mol. The minimum absolute atomic E-state index is 0.0370. The number of aromatic nitrogens is 3. The van der Waals surface area contributed by atoms with E-state index in [1.165, 1.54) is 0 Å². The normalized spacial score (nSPS) is 17.5. The molecule has 3 aromatic heterocycles. The van der Waals surface area contributed by atoms with Gasteiger partial charge in [0, 0.05) is 12.7 Å². The van der Waals surface area contributed by atoms with Crippen LogP contribution >= 0.6 is 0 Å². The molecule has 8 heteroatoms. The highest BCUT2D eigenvalue weighted by molar-refractivity contribution is 5.94. The summed E-state index contributed by atoms with van der Waals surface area (Å²) in [5.41, 5.74) is 10.1. The quantitative estimate of drug-likeness (QED) is 0.576. The summed E-state index contributed by atoms with van der Waals surface area (Å²) in [6.45, 7) is 3.68. The lowest BCUT2D eigenvalue weighted by Gasteiger charge is -2.33. The molecular weight excluding hydrogens is 358 g/mol. The number of morpholine rings is 1. The van der Waals surface area contributed by atoms with E-state index in [0.717, 1.165) is 16.8 Å². The first-order chi connectivity index (χ1) is 13.6. The zero-order chi connectivity index (χ0) is 19.3. The van der Waals surface area contributed by atoms with Crippen LogP contribution in [0.5, 0.6) is 0 Å². The lowest BCUT2D eigenvalue weighted by atomic mass is 10.1. The van der Waals surface area contributed by atoms with E-state index in [2.05, 4.69) is 9.97 Å². The van der Waals surface area contributed by atoms with Crippen molar-refractivity contribution in [1.82, 2.24) is 19.3 Å². The van der Waals surface area contributed by atoms with E-state index in [4.69, 9.17) is 14.9 Å². The molecule has 1 atom stereocenters. The summed E-state index contributed by atoms with van der Waals surface area (Å²) in [4.78, 5) is 23.5. The van der Waals surface area contributed by atoms with E-state index in [-0.39, 0.29) is 18.0 Å². The summed E-state index contributed by atoms with van der Waals surface area (Å²) in [5, 5.41) is 0. The van der Waals surface area contributed by atoms with Gasteiger partial charge in [0.2, 0.25) is 0 Å². The van der Waals surface area contributed by atoms with Crippen molar-refractivity contribution in [1.29, 1.82) is 0 Å². The Hall–Kier alpha value is -3.39. The molecule has 28 heavy (non-hydrogen) atoms. The van der Waals surface area contributed by atoms with Crippen LogP contribution in [-0.4, -0.2) is 51.0 Å². The molecule has 142 valence electrons. The number of oxazole rings is 1. The van der Waals surface area contributed by atoms with Crippen molar-refractivity contribution in [3.63, 3.8) is 0 Å². The van der Waals surface area contributed by atoms with E-state index in [9.17, 15) is 4.79 Å². The van der Waals surface area contributed by atoms with Crippen LogP contribution in [-0.2, 0) is 4.74 Å². The molecule has 0 aliphatic carbocycles. The molecule has 0 bridgehead atoms. The minimum Gasteiger partial charge on any atom is -0.424 e. The lowest BCUT2D eigenvalue weighted by molar-refractivity contribution is 0.00321. The van der Waals surface area contributed by atoms with Crippen LogP contribution in [0.2, 0.25) is 0 Å². The summed E-state index contributed by atoms with van der Waals surface area (Å²) >= 11 is 0. The third-order valence-corrected chi connectivity index (χ3v) is 5.09. The van der Waals surface area contributed by atoms with Crippen LogP contribution in [0.1, 0.15) is 17.4 Å². The van der Waals surface area contributed by atoms with Crippen molar-refractivity contribution in [2.75, 3.05) is 25.5 Å². The summed E-state index contributed by atoms with van der Waals surface area (Å²) in [6, 6.07) is 9.75. The van der Waals surface area contributed by atoms with Crippen molar-refractivity contribution in [3.8, 4) is 11.1 Å². The SMILES string of the molecule is CC1COCCN1C(=O)c1cnc2ccc(-c3ccc4oc(N)nc4c3)cn12. The van der Waals surface area contributed by atoms with E-state index in [0.29, 0.717) is 36.6 Å². The van der Waals surface area contributed by atoms with Gasteiger partial charge in [-0.3, -0.25) is 9.20 Å². The Bertz CT molecular complexity index is 1200. The lowest BCUT2D eigenvalue weighted by Crippen LogP contribution is -2.47. The predicted molar refractivity (Wildman–Crippen MR) is 104 cm³/mol. The number of benzene rings is 1. The fourth-order valence-corrected chi connectivity index (χ4v) is 3.61. The van der Waals surface area contributed by atoms with Crippen LogP contribution in [0.25, 0.3) is 27.9 Å². The van der Waals surface area contributed by atoms with Gasteiger partial charge < -0.3 is 19.8 Å². The van der Waals surface area contributed by atoms with Gasteiger partial charge in [0.1, 0.15) is 16.9 Å². The molecule has 1 fully saturated rings. The van der Waals surface area contributed by atoms with Crippen LogP contribution < -0.4 is 5.73 Å². The van der Waals surface area contributed by atoms with Gasteiger partial charge >= 0.3 is 0 Å². The molecule has 0 spiro atoms. The molecule has 0 radical (unpaired) electrons. The number of hydrogen-bond acceptors (Lipinski definition) is 6. The van der Waals surface area contributed by atoms with Gasteiger partial charge in [-0.1, -0.05) is 6.07 Å². The van der Waals surface area contributed by atoms with Gasteiger partial charge in [0.25, 0.3) is 11.9 Å². The predicted octanol–water partition coefficient (Wildman–Crippen LogP) is 2.59. The van der Waals surface area contributed by atoms with Crippen molar-refractivity contribution < 1.29 is 13.9 Å². The molecule has 1 unspecified atom stereocenters. The maximum Gasteiger partial charge on any atom is 0.292 e. The molecule has 1 saturated heterocycles. The number of hydrogen-bond donors (Lipinski definition) is 1. The Morgan fingerprint density at radius 1 is 1.25 bits per heavy atom. The molecule has 2 N–H and O–H groups in total. The third kappa shape index (κ3) is 2.69. The number of nitrogens with zero attached hydrogens (tertiary/aromatic N) is 4. The Morgan fingerprint density at radius 3 is 2.96 bits per heavy atom. The van der Waals surface area contributed by atoms with E-state index >= 15 is 0 Å². The fraction of sp³-hybridized carbons (Fsp3) is 0.250. The van der Waals surface area contributed by atoms with Crippen LogP contribution in [0.4, 0.5) is 6.01 Å². The van der Waals surface area contributed by atoms with Crippen molar-refractivity contribution in [3.05, 3.63) is 48.4 Å². The molecule has 1 amide bonds. The van der Waals surface area contributed by atoms with Crippen molar-refractivity contribution >= 4 is 28.7 Å². The minimum atomic E-state index is -0.0415. The topological polar surface area (TPSA) is 98.9 Å². The molecule has 0 saturated carbocycles. The maximum absolute atomic E-state index is 13.1. The third-order valence-electron chi connectivity index (χ3n) is 5.09. The van der Waals surface area contributed by atoms with Crippen LogP contribution in [0.3, 0.4) is 0 Å². The number of carbonyl (C=O) groups excluding carboxylic acids is 1. The second kappa shape index (κ2) is 6.35. The number of nitrogens with two attached hydrogens (primary N) is 1. The number of carbonyl (C=O) groups is 1. The highest BCUT2D eigenvalue weighted by Crippen LogP contribution is 2.26. The molecule has 4 aromatic rings. The number of imidazole rings is 1. The van der Waals surface area contributed by atoms with E-state index in [1.807, 2.05) is 52.8 Å². The molecule has 4 heterocycles. The highest BCUT2D eigenvalue weighted by atomic mass is 16.5. The van der Waals surface area contributed by atoms with Gasteiger partial charge in [-0.15, -0.1) is 0 Å². The second-order valence-corrected chi connectivity index (χ2v) is 6.95. The second-order valence-electron chi connectivity index (χ2n) is 6.95. The van der Waals surface area contributed by atoms with Gasteiger partial charge in [-0.2, -0.15) is 4.98 Å². The number of pyridine rings is 1. The summed E-state index contributed by atoms with van der Waals surface area (Å²) < 4.78 is 12.6. The zero-order valence-corrected chi connectivity index (χ0v) is 15.3. The summed E-state index contributed by atoms with van der Waals surface area (Å²) in [7, 11) is 0. The number of nitrogen functional groups attached to an aromatic ring is 1. The van der Waals surface area contributed by atoms with Gasteiger partial charge in [0.15, 0.2) is 5.58 Å². The summed E-state index contributed by atoms with van der Waals surface area (Å²) in [6.07, 6.45) is 3.55. The van der Waals surface area contributed by atoms with E-state index in [1.54, 1.807) is 6.20 Å². The Kier molecular flexibility index (Phi) is 3.80. The first kappa shape index (κ1) is 16.8. The Balaban J connectivity index is 1.56. The fourth-order valence-electron chi connectivity index (χ4n) is 3.61. The number of ether oxygens (including phenoxy) is 1. The van der Waals surface area contributed by atoms with Crippen LogP contribution in [0.15, 0.2) is 47.1 Å². The van der Waals surface area contributed by atoms with Crippen LogP contribution in [0, 0.1) is 0 Å². The first-order valence-electron chi connectivity index (χ1n) is 9.12. The molecule has 1 aromatic carbocycles. The standard InChI is InChI=1S/C20H19N5O3/c1-12-11-27-7-6-24(12)19(26)16-9-22-18-5-3-14(10-25(16)18)13-2-4-17-15(8-13)23-20(21)28-17/h2-5,8-10,12H,6-7,11H2,1H3,(H2,21,23).